The number of hydrogen-bond donors (Lipinski definition) is 2. The molecule has 0 spiro atoms. The Morgan fingerprint density at radius 2 is 1.97 bits per heavy atom. The fraction of sp³-hybridized carbons (Fsp3) is 0.522. The smallest absolute Gasteiger partial charge is 0.330 e. The largest absolute Gasteiger partial charge is 0.496 e. The monoisotopic (exact) mass is 443 g/mol. The summed E-state index contributed by atoms with van der Waals surface area (Å²) in [5, 5.41) is 0. The molecule has 9 nitrogen and oxygen atoms in total. The maximum Gasteiger partial charge on any atom is 0.330 e. The zero-order valence-corrected chi connectivity index (χ0v) is 19.1. The number of carbonyl (C=O) groups is 1. The van der Waals surface area contributed by atoms with Crippen LogP contribution in [0.4, 0.5) is 11.5 Å². The molecule has 1 saturated carbocycles. The topological polar surface area (TPSA) is 114 Å². The van der Waals surface area contributed by atoms with Gasteiger partial charge < -0.3 is 15.4 Å². The van der Waals surface area contributed by atoms with Gasteiger partial charge in [-0.1, -0.05) is 31.5 Å². The van der Waals surface area contributed by atoms with E-state index in [0.29, 0.717) is 19.1 Å². The Kier molecular flexibility index (Phi) is 7.74. The minimum Gasteiger partial charge on any atom is -0.496 e. The fourth-order valence-electron chi connectivity index (χ4n) is 3.90. The van der Waals surface area contributed by atoms with Gasteiger partial charge in [0, 0.05) is 31.2 Å². The zero-order chi connectivity index (χ0) is 23.3. The molecule has 0 bridgehead atoms. The number of anilines is 2. The van der Waals surface area contributed by atoms with E-state index in [1.807, 2.05) is 31.2 Å². The number of nitrogen functional groups attached to an aromatic ring is 1. The molecule has 0 radical (unpaired) electrons. The average molecular weight is 444 g/mol. The van der Waals surface area contributed by atoms with E-state index in [1.165, 1.54) is 9.47 Å². The van der Waals surface area contributed by atoms with E-state index in [4.69, 9.17) is 10.5 Å². The third-order valence-electron chi connectivity index (χ3n) is 5.80. The van der Waals surface area contributed by atoms with Gasteiger partial charge in [0.15, 0.2) is 5.69 Å². The molecular formula is C23H33N5O4. The number of H-pyrrole nitrogens is 1. The van der Waals surface area contributed by atoms with Crippen LogP contribution in [0.1, 0.15) is 45.1 Å². The molecule has 0 aliphatic heterocycles. The summed E-state index contributed by atoms with van der Waals surface area (Å²) in [6.07, 6.45) is 3.67. The van der Waals surface area contributed by atoms with Crippen molar-refractivity contribution in [3.63, 3.8) is 0 Å². The molecule has 1 amide bonds. The predicted molar refractivity (Wildman–Crippen MR) is 125 cm³/mol. The molecule has 1 aromatic carbocycles. The van der Waals surface area contributed by atoms with Crippen molar-refractivity contribution in [3.05, 3.63) is 50.7 Å². The van der Waals surface area contributed by atoms with Crippen LogP contribution < -0.4 is 26.6 Å². The predicted octanol–water partition coefficient (Wildman–Crippen LogP) is 1.94. The van der Waals surface area contributed by atoms with Gasteiger partial charge in [-0.15, -0.1) is 0 Å². The molecule has 1 aromatic heterocycles. The number of nitrogens with one attached hydrogen (secondary N) is 1. The highest BCUT2D eigenvalue weighted by Gasteiger charge is 2.33. The van der Waals surface area contributed by atoms with Crippen molar-refractivity contribution in [2.45, 2.75) is 58.7 Å². The molecule has 32 heavy (non-hydrogen) atoms. The van der Waals surface area contributed by atoms with Crippen LogP contribution in [-0.4, -0.2) is 46.6 Å². The van der Waals surface area contributed by atoms with Gasteiger partial charge in [0.05, 0.1) is 13.7 Å². The number of para-hydroxylation sites is 1. The number of benzene rings is 1. The van der Waals surface area contributed by atoms with Crippen molar-refractivity contribution < 1.29 is 9.53 Å². The first-order chi connectivity index (χ1) is 15.4. The Balaban J connectivity index is 1.86. The molecule has 0 unspecified atom stereocenters. The highest BCUT2D eigenvalue weighted by Crippen LogP contribution is 2.30. The van der Waals surface area contributed by atoms with Crippen molar-refractivity contribution in [3.8, 4) is 5.75 Å². The Labute approximate surface area is 187 Å². The normalized spacial score (nSPS) is 13.4. The lowest BCUT2D eigenvalue weighted by molar-refractivity contribution is -0.120. The number of aromatic amines is 1. The Bertz CT molecular complexity index is 1060. The first-order valence-electron chi connectivity index (χ1n) is 11.2. The van der Waals surface area contributed by atoms with Crippen molar-refractivity contribution in [1.82, 2.24) is 14.5 Å². The average Bonchev–Trinajstić information content (AvgIpc) is 3.61. The van der Waals surface area contributed by atoms with E-state index in [9.17, 15) is 14.4 Å². The number of nitrogens with zero attached hydrogens (tertiary/aromatic N) is 3. The van der Waals surface area contributed by atoms with E-state index >= 15 is 0 Å². The summed E-state index contributed by atoms with van der Waals surface area (Å²) in [7, 11) is 1.63. The molecule has 2 aromatic rings. The summed E-state index contributed by atoms with van der Waals surface area (Å²) in [6.45, 7) is 5.16. The minimum atomic E-state index is -0.641. The summed E-state index contributed by atoms with van der Waals surface area (Å²) < 4.78 is 6.80. The van der Waals surface area contributed by atoms with Gasteiger partial charge in [-0.25, -0.2) is 4.79 Å². The third-order valence-corrected chi connectivity index (χ3v) is 5.80. The van der Waals surface area contributed by atoms with Crippen molar-refractivity contribution in [1.29, 1.82) is 0 Å². The fourth-order valence-corrected chi connectivity index (χ4v) is 3.90. The van der Waals surface area contributed by atoms with Crippen LogP contribution in [0.15, 0.2) is 33.9 Å². The van der Waals surface area contributed by atoms with Gasteiger partial charge in [-0.2, -0.15) is 0 Å². The van der Waals surface area contributed by atoms with E-state index in [-0.39, 0.29) is 30.5 Å². The van der Waals surface area contributed by atoms with Crippen molar-refractivity contribution in [2.75, 3.05) is 30.8 Å². The Morgan fingerprint density at radius 3 is 2.59 bits per heavy atom. The molecule has 3 N–H and O–H groups in total. The van der Waals surface area contributed by atoms with Crippen LogP contribution in [-0.2, 0) is 17.9 Å². The summed E-state index contributed by atoms with van der Waals surface area (Å²) in [5.74, 6) is 0.582. The molecule has 1 heterocycles. The zero-order valence-electron chi connectivity index (χ0n) is 19.1. The number of hydrogen-bond acceptors (Lipinski definition) is 6. The molecule has 1 aliphatic rings. The maximum atomic E-state index is 13.3. The number of likely N-dealkylation sites (N-methyl/N-ethyl adjacent to an activating group) is 1. The number of methoxy groups -OCH3 is 1. The standard InChI is InChI=1S/C23H33N5O4/c1-4-6-13-28-21(24)20(22(30)25-23(28)31)27(5-2)19(29)15-26(17-11-12-17)14-16-9-7-8-10-18(16)32-3/h7-10,17H,4-6,11-15,24H2,1-3H3,(H,25,30,31). The molecule has 1 aliphatic carbocycles. The van der Waals surface area contributed by atoms with Gasteiger partial charge in [-0.05, 0) is 32.3 Å². The molecule has 0 saturated heterocycles. The molecule has 174 valence electrons. The van der Waals surface area contributed by atoms with Gasteiger partial charge in [0.2, 0.25) is 5.91 Å². The third kappa shape index (κ3) is 5.21. The molecule has 1 fully saturated rings. The number of ether oxygens (including phenoxy) is 1. The second kappa shape index (κ2) is 10.5. The number of aromatic nitrogens is 2. The van der Waals surface area contributed by atoms with E-state index in [1.54, 1.807) is 14.0 Å². The summed E-state index contributed by atoms with van der Waals surface area (Å²) >= 11 is 0. The van der Waals surface area contributed by atoms with E-state index in [2.05, 4.69) is 9.88 Å². The van der Waals surface area contributed by atoms with Gasteiger partial charge in [0.25, 0.3) is 5.56 Å². The van der Waals surface area contributed by atoms with Crippen molar-refractivity contribution >= 4 is 17.4 Å². The van der Waals surface area contributed by atoms with Crippen LogP contribution in [0.5, 0.6) is 5.75 Å². The summed E-state index contributed by atoms with van der Waals surface area (Å²) in [5.41, 5.74) is 6.08. The van der Waals surface area contributed by atoms with Crippen LogP contribution in [0.3, 0.4) is 0 Å². The molecule has 0 atom stereocenters. The van der Waals surface area contributed by atoms with Crippen LogP contribution in [0.2, 0.25) is 0 Å². The second-order valence-electron chi connectivity index (χ2n) is 8.08. The van der Waals surface area contributed by atoms with Crippen LogP contribution >= 0.6 is 0 Å². The van der Waals surface area contributed by atoms with E-state index in [0.717, 1.165) is 37.0 Å². The lowest BCUT2D eigenvalue weighted by Gasteiger charge is -2.28. The number of unbranched alkanes of at least 4 members (excludes halogenated alkanes) is 1. The van der Waals surface area contributed by atoms with Gasteiger partial charge >= 0.3 is 5.69 Å². The minimum absolute atomic E-state index is 0.0325. The number of amides is 1. The second-order valence-corrected chi connectivity index (χ2v) is 8.08. The summed E-state index contributed by atoms with van der Waals surface area (Å²) in [6, 6.07) is 8.07. The number of nitrogens with two attached hydrogens (primary N) is 1. The molecular weight excluding hydrogens is 410 g/mol. The maximum absolute atomic E-state index is 13.3. The lowest BCUT2D eigenvalue weighted by Crippen LogP contribution is -2.45. The first kappa shape index (κ1) is 23.6. The highest BCUT2D eigenvalue weighted by molar-refractivity contribution is 5.96. The number of rotatable bonds is 11. The molecule has 3 rings (SSSR count). The quantitative estimate of drug-likeness (QED) is 0.549. The highest BCUT2D eigenvalue weighted by atomic mass is 16.5. The summed E-state index contributed by atoms with van der Waals surface area (Å²) in [4.78, 5) is 44.0. The van der Waals surface area contributed by atoms with Gasteiger partial charge in [-0.3, -0.25) is 24.0 Å². The van der Waals surface area contributed by atoms with Crippen molar-refractivity contribution in [2.24, 2.45) is 0 Å². The molecule has 9 heteroatoms. The lowest BCUT2D eigenvalue weighted by atomic mass is 10.2. The SMILES string of the molecule is CCCCn1c(N)c(N(CC)C(=O)CN(Cc2ccccc2OC)C2CC2)c(=O)[nH]c1=O. The Hall–Kier alpha value is -3.07. The number of carbonyl (C=O) groups excluding carboxylic acids is 1. The van der Waals surface area contributed by atoms with Crippen LogP contribution in [0.25, 0.3) is 0 Å². The van der Waals surface area contributed by atoms with Gasteiger partial charge in [0.1, 0.15) is 11.6 Å². The van der Waals surface area contributed by atoms with E-state index < -0.39 is 11.2 Å². The van der Waals surface area contributed by atoms with Crippen LogP contribution in [0, 0.1) is 0 Å². The Morgan fingerprint density at radius 1 is 1.25 bits per heavy atom. The first-order valence-corrected chi connectivity index (χ1v) is 11.2.